The summed E-state index contributed by atoms with van der Waals surface area (Å²) >= 11 is 7.43. The van der Waals surface area contributed by atoms with Crippen molar-refractivity contribution in [2.75, 3.05) is 18.5 Å². The number of hydrogen-bond donors (Lipinski definition) is 1. The molecule has 0 saturated carbocycles. The molecule has 1 aromatic heterocycles. The minimum Gasteiger partial charge on any atom is -0.350 e. The molecule has 0 aliphatic carbocycles. The summed E-state index contributed by atoms with van der Waals surface area (Å²) in [7, 11) is 1.87. The highest BCUT2D eigenvalue weighted by Crippen LogP contribution is 2.27. The first-order chi connectivity index (χ1) is 11.1. The van der Waals surface area contributed by atoms with Crippen molar-refractivity contribution in [3.8, 4) is 0 Å². The van der Waals surface area contributed by atoms with E-state index in [0.29, 0.717) is 11.6 Å². The Morgan fingerprint density at radius 3 is 2.70 bits per heavy atom. The SMILES string of the molecule is CN(CC(=O)NCc1ccc(Cl)cc1)c1nc2ccccc2s1. The molecule has 0 unspecified atom stereocenters. The number of nitrogens with zero attached hydrogens (tertiary/aromatic N) is 2. The van der Waals surface area contributed by atoms with Crippen molar-refractivity contribution < 1.29 is 4.79 Å². The maximum absolute atomic E-state index is 12.1. The fourth-order valence-electron chi connectivity index (χ4n) is 2.17. The standard InChI is InChI=1S/C17H16ClN3OS/c1-21(17-20-14-4-2-3-5-15(14)23-17)11-16(22)19-10-12-6-8-13(18)9-7-12/h2-9H,10-11H2,1H3,(H,19,22). The van der Waals surface area contributed by atoms with Crippen LogP contribution in [0.25, 0.3) is 10.2 Å². The van der Waals surface area contributed by atoms with E-state index in [1.807, 2.05) is 60.5 Å². The van der Waals surface area contributed by atoms with Gasteiger partial charge in [0, 0.05) is 18.6 Å². The van der Waals surface area contributed by atoms with Gasteiger partial charge in [0.05, 0.1) is 16.8 Å². The quantitative estimate of drug-likeness (QED) is 0.766. The van der Waals surface area contributed by atoms with Gasteiger partial charge in [0.2, 0.25) is 5.91 Å². The normalized spacial score (nSPS) is 10.7. The Bertz CT molecular complexity index is 783. The minimum atomic E-state index is -0.0401. The fraction of sp³-hybridized carbons (Fsp3) is 0.176. The number of carbonyl (C=O) groups is 1. The lowest BCUT2D eigenvalue weighted by molar-refractivity contribution is -0.119. The van der Waals surface area contributed by atoms with Crippen molar-refractivity contribution >= 4 is 44.2 Å². The van der Waals surface area contributed by atoms with Crippen molar-refractivity contribution in [1.29, 1.82) is 0 Å². The molecular formula is C17H16ClN3OS. The van der Waals surface area contributed by atoms with Crippen molar-refractivity contribution in [1.82, 2.24) is 10.3 Å². The number of benzene rings is 2. The van der Waals surface area contributed by atoms with Gasteiger partial charge in [-0.3, -0.25) is 4.79 Å². The predicted octanol–water partition coefficient (Wildman–Crippen LogP) is 3.70. The second-order valence-electron chi connectivity index (χ2n) is 5.22. The second-order valence-corrected chi connectivity index (χ2v) is 6.67. The smallest absolute Gasteiger partial charge is 0.239 e. The summed E-state index contributed by atoms with van der Waals surface area (Å²) in [6, 6.07) is 15.4. The van der Waals surface area contributed by atoms with Crippen molar-refractivity contribution in [2.45, 2.75) is 6.54 Å². The maximum atomic E-state index is 12.1. The third kappa shape index (κ3) is 4.00. The van der Waals surface area contributed by atoms with E-state index < -0.39 is 0 Å². The maximum Gasteiger partial charge on any atom is 0.239 e. The van der Waals surface area contributed by atoms with Gasteiger partial charge >= 0.3 is 0 Å². The molecule has 1 heterocycles. The number of likely N-dealkylation sites (N-methyl/N-ethyl adjacent to an activating group) is 1. The molecule has 3 aromatic rings. The van der Waals surface area contributed by atoms with Gasteiger partial charge in [0.15, 0.2) is 5.13 Å². The highest BCUT2D eigenvalue weighted by molar-refractivity contribution is 7.22. The Hall–Kier alpha value is -2.11. The minimum absolute atomic E-state index is 0.0401. The zero-order chi connectivity index (χ0) is 16.2. The number of amides is 1. The van der Waals surface area contributed by atoms with Gasteiger partial charge < -0.3 is 10.2 Å². The van der Waals surface area contributed by atoms with E-state index in [1.54, 1.807) is 11.3 Å². The lowest BCUT2D eigenvalue weighted by Gasteiger charge is -2.15. The number of rotatable bonds is 5. The summed E-state index contributed by atoms with van der Waals surface area (Å²) < 4.78 is 1.12. The third-order valence-electron chi connectivity index (χ3n) is 3.39. The topological polar surface area (TPSA) is 45.2 Å². The van der Waals surface area contributed by atoms with Crippen molar-refractivity contribution in [3.63, 3.8) is 0 Å². The van der Waals surface area contributed by atoms with Crippen LogP contribution in [0.4, 0.5) is 5.13 Å². The number of thiazole rings is 1. The molecule has 2 aromatic carbocycles. The zero-order valence-electron chi connectivity index (χ0n) is 12.6. The van der Waals surface area contributed by atoms with Gasteiger partial charge in [-0.1, -0.05) is 47.2 Å². The molecule has 0 bridgehead atoms. The molecule has 0 radical (unpaired) electrons. The average molecular weight is 346 g/mol. The van der Waals surface area contributed by atoms with Crippen LogP contribution < -0.4 is 10.2 Å². The van der Waals surface area contributed by atoms with Crippen LogP contribution in [0.15, 0.2) is 48.5 Å². The van der Waals surface area contributed by atoms with E-state index in [4.69, 9.17) is 11.6 Å². The Balaban J connectivity index is 1.57. The van der Waals surface area contributed by atoms with Crippen molar-refractivity contribution in [2.24, 2.45) is 0 Å². The third-order valence-corrected chi connectivity index (χ3v) is 4.80. The van der Waals surface area contributed by atoms with E-state index in [0.717, 1.165) is 20.9 Å². The first-order valence-electron chi connectivity index (χ1n) is 7.19. The molecule has 0 atom stereocenters. The number of carbonyl (C=O) groups excluding carboxylic acids is 1. The Kier molecular flexibility index (Phi) is 4.79. The predicted molar refractivity (Wildman–Crippen MR) is 96.2 cm³/mol. The lowest BCUT2D eigenvalue weighted by atomic mass is 10.2. The second kappa shape index (κ2) is 6.98. The molecule has 0 spiro atoms. The first kappa shape index (κ1) is 15.8. The highest BCUT2D eigenvalue weighted by atomic mass is 35.5. The summed E-state index contributed by atoms with van der Waals surface area (Å²) in [6.07, 6.45) is 0. The highest BCUT2D eigenvalue weighted by Gasteiger charge is 2.11. The van der Waals surface area contributed by atoms with Crippen LogP contribution in [0, 0.1) is 0 Å². The van der Waals surface area contributed by atoms with Crippen LogP contribution in [0.3, 0.4) is 0 Å². The van der Waals surface area contributed by atoms with Gasteiger partial charge in [0.25, 0.3) is 0 Å². The van der Waals surface area contributed by atoms with Crippen LogP contribution in [0.5, 0.6) is 0 Å². The monoisotopic (exact) mass is 345 g/mol. The number of nitrogens with one attached hydrogen (secondary N) is 1. The molecular weight excluding hydrogens is 330 g/mol. The number of halogens is 1. The molecule has 0 aliphatic heterocycles. The number of para-hydroxylation sites is 1. The van der Waals surface area contributed by atoms with Crippen LogP contribution >= 0.6 is 22.9 Å². The molecule has 1 N–H and O–H groups in total. The molecule has 118 valence electrons. The molecule has 0 aliphatic rings. The molecule has 4 nitrogen and oxygen atoms in total. The average Bonchev–Trinajstić information content (AvgIpc) is 2.98. The molecule has 23 heavy (non-hydrogen) atoms. The number of aromatic nitrogens is 1. The zero-order valence-corrected chi connectivity index (χ0v) is 14.2. The molecule has 0 saturated heterocycles. The molecule has 1 amide bonds. The Morgan fingerprint density at radius 1 is 1.22 bits per heavy atom. The lowest BCUT2D eigenvalue weighted by Crippen LogP contribution is -2.34. The molecule has 3 rings (SSSR count). The van der Waals surface area contributed by atoms with E-state index in [-0.39, 0.29) is 12.5 Å². The van der Waals surface area contributed by atoms with E-state index >= 15 is 0 Å². The summed E-state index contributed by atoms with van der Waals surface area (Å²) in [6.45, 7) is 0.761. The van der Waals surface area contributed by atoms with Gasteiger partial charge in [-0.15, -0.1) is 0 Å². The van der Waals surface area contributed by atoms with Crippen LogP contribution in [-0.2, 0) is 11.3 Å². The number of fused-ring (bicyclic) bond motifs is 1. The van der Waals surface area contributed by atoms with Crippen LogP contribution in [0.2, 0.25) is 5.02 Å². The van der Waals surface area contributed by atoms with E-state index in [2.05, 4.69) is 10.3 Å². The molecule has 0 fully saturated rings. The number of hydrogen-bond acceptors (Lipinski definition) is 4. The summed E-state index contributed by atoms with van der Waals surface area (Å²) in [5.41, 5.74) is 1.98. The largest absolute Gasteiger partial charge is 0.350 e. The fourth-order valence-corrected chi connectivity index (χ4v) is 3.22. The van der Waals surface area contributed by atoms with Gasteiger partial charge in [-0.05, 0) is 29.8 Å². The van der Waals surface area contributed by atoms with Gasteiger partial charge in [-0.25, -0.2) is 4.98 Å². The first-order valence-corrected chi connectivity index (χ1v) is 8.39. The van der Waals surface area contributed by atoms with Gasteiger partial charge in [-0.2, -0.15) is 0 Å². The molecule has 6 heteroatoms. The Morgan fingerprint density at radius 2 is 1.96 bits per heavy atom. The summed E-state index contributed by atoms with van der Waals surface area (Å²) in [4.78, 5) is 18.5. The summed E-state index contributed by atoms with van der Waals surface area (Å²) in [5.74, 6) is -0.0401. The number of anilines is 1. The van der Waals surface area contributed by atoms with Crippen LogP contribution in [-0.4, -0.2) is 24.5 Å². The van der Waals surface area contributed by atoms with Crippen LogP contribution in [0.1, 0.15) is 5.56 Å². The van der Waals surface area contributed by atoms with E-state index in [9.17, 15) is 4.79 Å². The summed E-state index contributed by atoms with van der Waals surface area (Å²) in [5, 5.41) is 4.44. The van der Waals surface area contributed by atoms with E-state index in [1.165, 1.54) is 0 Å². The van der Waals surface area contributed by atoms with Crippen molar-refractivity contribution in [3.05, 3.63) is 59.1 Å². The van der Waals surface area contributed by atoms with Gasteiger partial charge in [0.1, 0.15) is 0 Å². The Labute approximate surface area is 143 Å².